The first-order valence-electron chi connectivity index (χ1n) is 6.79. The van der Waals surface area contributed by atoms with E-state index in [1.54, 1.807) is 0 Å². The molecule has 1 aromatic heterocycles. The van der Waals surface area contributed by atoms with Crippen molar-refractivity contribution >= 4 is 29.1 Å². The van der Waals surface area contributed by atoms with Gasteiger partial charge >= 0.3 is 0 Å². The van der Waals surface area contributed by atoms with Gasteiger partial charge in [-0.15, -0.1) is 12.4 Å². The van der Waals surface area contributed by atoms with E-state index in [1.807, 2.05) is 0 Å². The summed E-state index contributed by atoms with van der Waals surface area (Å²) in [7, 11) is 0. The fourth-order valence-corrected chi connectivity index (χ4v) is 2.94. The highest BCUT2D eigenvalue weighted by Gasteiger charge is 2.15. The first-order chi connectivity index (χ1) is 8.65. The third-order valence-electron chi connectivity index (χ3n) is 3.87. The Morgan fingerprint density at radius 1 is 0.947 bits per heavy atom. The molecule has 0 aliphatic carbocycles. The predicted octanol–water partition coefficient (Wildman–Crippen LogP) is 4.18. The lowest BCUT2D eigenvalue weighted by Crippen LogP contribution is -2.19. The van der Waals surface area contributed by atoms with Gasteiger partial charge in [0, 0.05) is 18.5 Å². The van der Waals surface area contributed by atoms with Gasteiger partial charge in [0.25, 0.3) is 0 Å². The lowest BCUT2D eigenvalue weighted by molar-refractivity contribution is 0.942. The maximum atomic E-state index is 4.88. The van der Waals surface area contributed by atoms with E-state index in [0.29, 0.717) is 0 Å². The van der Waals surface area contributed by atoms with Crippen LogP contribution in [0.4, 0.5) is 5.82 Å². The Balaban J connectivity index is 0.00000133. The number of hydrogen-bond acceptors (Lipinski definition) is 2. The lowest BCUT2D eigenvalue weighted by Gasteiger charge is -2.18. The molecule has 1 aromatic carbocycles. The molecule has 2 heterocycles. The minimum absolute atomic E-state index is 0. The summed E-state index contributed by atoms with van der Waals surface area (Å²) in [5.41, 5.74) is 5.11. The molecule has 0 unspecified atom stereocenters. The molecule has 3 rings (SSSR count). The van der Waals surface area contributed by atoms with Gasteiger partial charge in [-0.05, 0) is 56.9 Å². The van der Waals surface area contributed by atoms with Gasteiger partial charge in [0.15, 0.2) is 0 Å². The van der Waals surface area contributed by atoms with E-state index >= 15 is 0 Å². The molecule has 0 bridgehead atoms. The molecule has 0 atom stereocenters. The molecular formula is C16H21ClN2. The van der Waals surface area contributed by atoms with Crippen molar-refractivity contribution in [3.05, 3.63) is 34.9 Å². The summed E-state index contributed by atoms with van der Waals surface area (Å²) in [5, 5.41) is 1.30. The average Bonchev–Trinajstić information content (AvgIpc) is 2.83. The summed E-state index contributed by atoms with van der Waals surface area (Å²) in [6.45, 7) is 8.82. The van der Waals surface area contributed by atoms with Crippen molar-refractivity contribution in [2.45, 2.75) is 33.6 Å². The van der Waals surface area contributed by atoms with E-state index in [9.17, 15) is 0 Å². The zero-order chi connectivity index (χ0) is 12.7. The van der Waals surface area contributed by atoms with Crippen LogP contribution in [-0.2, 0) is 0 Å². The van der Waals surface area contributed by atoms with Gasteiger partial charge in [0.1, 0.15) is 5.82 Å². The van der Waals surface area contributed by atoms with E-state index in [-0.39, 0.29) is 12.4 Å². The zero-order valence-electron chi connectivity index (χ0n) is 11.9. The molecule has 0 saturated carbocycles. The number of anilines is 1. The Morgan fingerprint density at radius 2 is 1.63 bits per heavy atom. The number of nitrogens with zero attached hydrogens (tertiary/aromatic N) is 2. The van der Waals surface area contributed by atoms with Crippen molar-refractivity contribution < 1.29 is 0 Å². The molecule has 3 heteroatoms. The fourth-order valence-electron chi connectivity index (χ4n) is 2.94. The highest BCUT2D eigenvalue weighted by molar-refractivity contribution is 5.87. The molecule has 0 spiro atoms. The van der Waals surface area contributed by atoms with Crippen molar-refractivity contribution in [3.8, 4) is 0 Å². The summed E-state index contributed by atoms with van der Waals surface area (Å²) in [6.07, 6.45) is 2.59. The molecule has 1 aliphatic rings. The summed E-state index contributed by atoms with van der Waals surface area (Å²) >= 11 is 0. The second kappa shape index (κ2) is 5.38. The van der Waals surface area contributed by atoms with Gasteiger partial charge in [0.05, 0.1) is 5.52 Å². The van der Waals surface area contributed by atoms with Gasteiger partial charge in [-0.25, -0.2) is 4.98 Å². The van der Waals surface area contributed by atoms with E-state index in [1.165, 1.54) is 40.4 Å². The number of benzene rings is 1. The highest BCUT2D eigenvalue weighted by Crippen LogP contribution is 2.27. The van der Waals surface area contributed by atoms with Crippen molar-refractivity contribution in [2.75, 3.05) is 18.0 Å². The number of rotatable bonds is 1. The molecule has 1 aliphatic heterocycles. The van der Waals surface area contributed by atoms with Crippen LogP contribution in [0.15, 0.2) is 18.2 Å². The normalized spacial score (nSPS) is 14.8. The summed E-state index contributed by atoms with van der Waals surface area (Å²) in [4.78, 5) is 7.29. The smallest absolute Gasteiger partial charge is 0.129 e. The number of fused-ring (bicyclic) bond motifs is 1. The van der Waals surface area contributed by atoms with Gasteiger partial charge in [-0.1, -0.05) is 11.6 Å². The van der Waals surface area contributed by atoms with Gasteiger partial charge < -0.3 is 4.90 Å². The largest absolute Gasteiger partial charge is 0.357 e. The summed E-state index contributed by atoms with van der Waals surface area (Å²) in [6, 6.07) is 6.72. The van der Waals surface area contributed by atoms with Crippen LogP contribution in [0.1, 0.15) is 29.5 Å². The topological polar surface area (TPSA) is 16.1 Å². The zero-order valence-corrected chi connectivity index (χ0v) is 12.7. The standard InChI is InChI=1S/C16H20N2.ClH/c1-11-8-13(3)16-14(9-11)12(2)10-15(17-16)18-6-4-5-7-18;/h8-10H,4-7H2,1-3H3;1H. The van der Waals surface area contributed by atoms with Crippen LogP contribution >= 0.6 is 12.4 Å². The highest BCUT2D eigenvalue weighted by atomic mass is 35.5. The van der Waals surface area contributed by atoms with Gasteiger partial charge in [-0.3, -0.25) is 0 Å². The van der Waals surface area contributed by atoms with Crippen molar-refractivity contribution in [3.63, 3.8) is 0 Å². The van der Waals surface area contributed by atoms with Crippen LogP contribution in [0.2, 0.25) is 0 Å². The fraction of sp³-hybridized carbons (Fsp3) is 0.438. The van der Waals surface area contributed by atoms with Crippen molar-refractivity contribution in [1.29, 1.82) is 0 Å². The number of pyridine rings is 1. The molecule has 102 valence electrons. The van der Waals surface area contributed by atoms with Crippen LogP contribution in [-0.4, -0.2) is 18.1 Å². The molecule has 0 amide bonds. The third-order valence-corrected chi connectivity index (χ3v) is 3.87. The van der Waals surface area contributed by atoms with Crippen LogP contribution in [0.5, 0.6) is 0 Å². The van der Waals surface area contributed by atoms with E-state index in [4.69, 9.17) is 4.98 Å². The van der Waals surface area contributed by atoms with Gasteiger partial charge in [-0.2, -0.15) is 0 Å². The lowest BCUT2D eigenvalue weighted by atomic mass is 10.0. The Bertz CT molecular complexity index is 601. The summed E-state index contributed by atoms with van der Waals surface area (Å²) in [5.74, 6) is 1.16. The Hall–Kier alpha value is -1.28. The van der Waals surface area contributed by atoms with E-state index in [0.717, 1.165) is 18.9 Å². The number of aromatic nitrogens is 1. The quantitative estimate of drug-likeness (QED) is 0.777. The molecule has 2 aromatic rings. The second-order valence-corrected chi connectivity index (χ2v) is 5.47. The molecule has 2 nitrogen and oxygen atoms in total. The van der Waals surface area contributed by atoms with Crippen LogP contribution in [0.25, 0.3) is 10.9 Å². The van der Waals surface area contributed by atoms with Crippen LogP contribution < -0.4 is 4.90 Å². The third kappa shape index (κ3) is 2.55. The van der Waals surface area contributed by atoms with Crippen LogP contribution in [0.3, 0.4) is 0 Å². The monoisotopic (exact) mass is 276 g/mol. The average molecular weight is 277 g/mol. The van der Waals surface area contributed by atoms with Crippen molar-refractivity contribution in [2.24, 2.45) is 0 Å². The molecular weight excluding hydrogens is 256 g/mol. The SMILES string of the molecule is Cc1cc(C)c2nc(N3CCCC3)cc(C)c2c1.Cl. The van der Waals surface area contributed by atoms with E-state index < -0.39 is 0 Å². The maximum Gasteiger partial charge on any atom is 0.129 e. The predicted molar refractivity (Wildman–Crippen MR) is 84.6 cm³/mol. The number of hydrogen-bond donors (Lipinski definition) is 0. The molecule has 1 saturated heterocycles. The first-order valence-corrected chi connectivity index (χ1v) is 6.79. The maximum absolute atomic E-state index is 4.88. The van der Waals surface area contributed by atoms with Crippen molar-refractivity contribution in [1.82, 2.24) is 4.98 Å². The first kappa shape index (κ1) is 14.1. The number of halogens is 1. The van der Waals surface area contributed by atoms with E-state index in [2.05, 4.69) is 43.9 Å². The second-order valence-electron chi connectivity index (χ2n) is 5.47. The molecule has 1 fully saturated rings. The Kier molecular flexibility index (Phi) is 4.00. The minimum Gasteiger partial charge on any atom is -0.357 e. The molecule has 19 heavy (non-hydrogen) atoms. The van der Waals surface area contributed by atoms with Gasteiger partial charge in [0.2, 0.25) is 0 Å². The molecule has 0 radical (unpaired) electrons. The summed E-state index contributed by atoms with van der Waals surface area (Å²) < 4.78 is 0. The number of aryl methyl sites for hydroxylation is 3. The Labute approximate surface area is 121 Å². The Morgan fingerprint density at radius 3 is 2.32 bits per heavy atom. The molecule has 0 N–H and O–H groups in total. The minimum atomic E-state index is 0. The van der Waals surface area contributed by atoms with Crippen LogP contribution in [0, 0.1) is 20.8 Å².